The largest absolute Gasteiger partial charge is 0.301 e. The molecule has 0 N–H and O–H groups in total. The van der Waals surface area contributed by atoms with E-state index in [9.17, 15) is 4.79 Å². The number of nitrogens with zero attached hydrogens (tertiary/aromatic N) is 2. The first-order chi connectivity index (χ1) is 9.26. The maximum atomic E-state index is 11.5. The molecule has 0 aliphatic carbocycles. The fraction of sp³-hybridized carbons (Fsp3) is 0.938. The Hall–Kier alpha value is 0.170. The monoisotopic (exact) mass is 340 g/mol. The SMILES string of the molecule is CCCCCCN1CCN(CCC(=O)CCC)CC1.Cl.Cl. The highest BCUT2D eigenvalue weighted by atomic mass is 35.5. The van der Waals surface area contributed by atoms with E-state index in [0.29, 0.717) is 5.78 Å². The summed E-state index contributed by atoms with van der Waals surface area (Å²) in [6.07, 6.45) is 7.93. The normalized spacial score (nSPS) is 16.1. The van der Waals surface area contributed by atoms with Crippen LogP contribution in [0.25, 0.3) is 0 Å². The molecule has 0 saturated carbocycles. The van der Waals surface area contributed by atoms with Gasteiger partial charge in [0.05, 0.1) is 0 Å². The van der Waals surface area contributed by atoms with Crippen molar-refractivity contribution in [3.8, 4) is 0 Å². The van der Waals surface area contributed by atoms with Crippen LogP contribution in [-0.2, 0) is 4.79 Å². The Morgan fingerprint density at radius 1 is 0.762 bits per heavy atom. The lowest BCUT2D eigenvalue weighted by Crippen LogP contribution is -2.47. The Balaban J connectivity index is 0. The number of rotatable bonds is 10. The van der Waals surface area contributed by atoms with E-state index < -0.39 is 0 Å². The maximum absolute atomic E-state index is 11.5. The standard InChI is InChI=1S/C16H32N2O.2ClH/c1-3-5-6-7-10-17-12-14-18(15-13-17)11-9-16(19)8-4-2;;/h3-15H2,1-2H3;2*1H. The zero-order chi connectivity index (χ0) is 13.9. The number of hydrogen-bond acceptors (Lipinski definition) is 3. The molecule has 1 rings (SSSR count). The fourth-order valence-corrected chi connectivity index (χ4v) is 2.69. The van der Waals surface area contributed by atoms with E-state index >= 15 is 0 Å². The number of hydrogen-bond donors (Lipinski definition) is 0. The molecule has 1 heterocycles. The highest BCUT2D eigenvalue weighted by Gasteiger charge is 2.16. The van der Waals surface area contributed by atoms with E-state index in [1.807, 2.05) is 0 Å². The van der Waals surface area contributed by atoms with Crippen molar-refractivity contribution in [1.82, 2.24) is 9.80 Å². The van der Waals surface area contributed by atoms with E-state index in [0.717, 1.165) is 38.9 Å². The molecule has 5 heteroatoms. The van der Waals surface area contributed by atoms with Gasteiger partial charge < -0.3 is 9.80 Å². The molecule has 128 valence electrons. The first kappa shape index (κ1) is 23.4. The number of Topliss-reactive ketones (excluding diaryl/α,β-unsaturated/α-hetero) is 1. The second-order valence-corrected chi connectivity index (χ2v) is 5.78. The van der Waals surface area contributed by atoms with Gasteiger partial charge in [-0.1, -0.05) is 33.1 Å². The molecule has 1 aliphatic rings. The van der Waals surface area contributed by atoms with Gasteiger partial charge in [-0.25, -0.2) is 0 Å². The smallest absolute Gasteiger partial charge is 0.134 e. The summed E-state index contributed by atoms with van der Waals surface area (Å²) in [5.41, 5.74) is 0. The van der Waals surface area contributed by atoms with Crippen molar-refractivity contribution in [2.45, 2.75) is 58.8 Å². The summed E-state index contributed by atoms with van der Waals surface area (Å²) in [5, 5.41) is 0. The van der Waals surface area contributed by atoms with Crippen LogP contribution in [0.1, 0.15) is 58.8 Å². The van der Waals surface area contributed by atoms with E-state index in [1.54, 1.807) is 0 Å². The highest BCUT2D eigenvalue weighted by Crippen LogP contribution is 2.07. The van der Waals surface area contributed by atoms with Gasteiger partial charge in [-0.2, -0.15) is 0 Å². The number of piperazine rings is 1. The van der Waals surface area contributed by atoms with Crippen molar-refractivity contribution in [3.63, 3.8) is 0 Å². The van der Waals surface area contributed by atoms with Crippen molar-refractivity contribution in [1.29, 1.82) is 0 Å². The number of unbranched alkanes of at least 4 members (excludes halogenated alkanes) is 3. The van der Waals surface area contributed by atoms with Crippen molar-refractivity contribution in [2.75, 3.05) is 39.3 Å². The summed E-state index contributed by atoms with van der Waals surface area (Å²) in [6, 6.07) is 0. The molecular weight excluding hydrogens is 307 g/mol. The Bertz CT molecular complexity index is 244. The Morgan fingerprint density at radius 2 is 1.33 bits per heavy atom. The number of carbonyl (C=O) groups is 1. The molecule has 0 radical (unpaired) electrons. The van der Waals surface area contributed by atoms with Crippen LogP contribution in [0, 0.1) is 0 Å². The van der Waals surface area contributed by atoms with Gasteiger partial charge >= 0.3 is 0 Å². The van der Waals surface area contributed by atoms with Gasteiger partial charge in [0.1, 0.15) is 5.78 Å². The second kappa shape index (κ2) is 15.1. The molecule has 0 aromatic carbocycles. The molecule has 0 atom stereocenters. The summed E-state index contributed by atoms with van der Waals surface area (Å²) in [7, 11) is 0. The molecule has 0 aromatic rings. The number of halogens is 2. The second-order valence-electron chi connectivity index (χ2n) is 5.78. The van der Waals surface area contributed by atoms with Gasteiger partial charge in [0, 0.05) is 45.6 Å². The van der Waals surface area contributed by atoms with Crippen LogP contribution in [0.3, 0.4) is 0 Å². The van der Waals surface area contributed by atoms with E-state index in [4.69, 9.17) is 0 Å². The van der Waals surface area contributed by atoms with Crippen molar-refractivity contribution in [2.24, 2.45) is 0 Å². The van der Waals surface area contributed by atoms with Crippen LogP contribution in [-0.4, -0.2) is 54.9 Å². The summed E-state index contributed by atoms with van der Waals surface area (Å²) in [4.78, 5) is 16.6. The van der Waals surface area contributed by atoms with Crippen LogP contribution in [0.4, 0.5) is 0 Å². The molecule has 21 heavy (non-hydrogen) atoms. The van der Waals surface area contributed by atoms with Gasteiger partial charge in [0.2, 0.25) is 0 Å². The molecule has 3 nitrogen and oxygen atoms in total. The van der Waals surface area contributed by atoms with Crippen LogP contribution in [0.5, 0.6) is 0 Å². The van der Waals surface area contributed by atoms with E-state index in [1.165, 1.54) is 45.3 Å². The molecule has 1 aliphatic heterocycles. The minimum Gasteiger partial charge on any atom is -0.301 e. The average molecular weight is 341 g/mol. The van der Waals surface area contributed by atoms with Crippen LogP contribution in [0.15, 0.2) is 0 Å². The third-order valence-corrected chi connectivity index (χ3v) is 4.03. The Kier molecular flexibility index (Phi) is 16.8. The molecule has 1 saturated heterocycles. The predicted octanol–water partition coefficient (Wildman–Crippen LogP) is 3.79. The summed E-state index contributed by atoms with van der Waals surface area (Å²) in [5.74, 6) is 0.435. The van der Waals surface area contributed by atoms with Gasteiger partial charge in [0.15, 0.2) is 0 Å². The van der Waals surface area contributed by atoms with Crippen molar-refractivity contribution in [3.05, 3.63) is 0 Å². The van der Waals surface area contributed by atoms with Gasteiger partial charge in [-0.05, 0) is 19.4 Å². The van der Waals surface area contributed by atoms with Crippen LogP contribution in [0.2, 0.25) is 0 Å². The molecule has 0 amide bonds. The molecule has 1 fully saturated rings. The van der Waals surface area contributed by atoms with Crippen LogP contribution >= 0.6 is 24.8 Å². The highest BCUT2D eigenvalue weighted by molar-refractivity contribution is 5.85. The number of ketones is 1. The quantitative estimate of drug-likeness (QED) is 0.565. The summed E-state index contributed by atoms with van der Waals surface area (Å²) in [6.45, 7) is 11.3. The van der Waals surface area contributed by atoms with Crippen molar-refractivity contribution >= 4 is 30.6 Å². The Morgan fingerprint density at radius 3 is 1.86 bits per heavy atom. The zero-order valence-corrected chi connectivity index (χ0v) is 15.4. The van der Waals surface area contributed by atoms with Gasteiger partial charge in [-0.3, -0.25) is 4.79 Å². The lowest BCUT2D eigenvalue weighted by molar-refractivity contribution is -0.119. The topological polar surface area (TPSA) is 23.6 Å². The molecular formula is C16H34Cl2N2O. The van der Waals surface area contributed by atoms with Crippen molar-refractivity contribution < 1.29 is 4.79 Å². The van der Waals surface area contributed by atoms with Crippen LogP contribution < -0.4 is 0 Å². The lowest BCUT2D eigenvalue weighted by Gasteiger charge is -2.34. The maximum Gasteiger partial charge on any atom is 0.134 e. The molecule has 0 unspecified atom stereocenters. The average Bonchev–Trinajstić information content (AvgIpc) is 2.43. The first-order valence-electron chi connectivity index (χ1n) is 8.22. The minimum atomic E-state index is 0. The van der Waals surface area contributed by atoms with Gasteiger partial charge in [0.25, 0.3) is 0 Å². The summed E-state index contributed by atoms with van der Waals surface area (Å²) >= 11 is 0. The third-order valence-electron chi connectivity index (χ3n) is 4.03. The number of carbonyl (C=O) groups excluding carboxylic acids is 1. The molecule has 0 bridgehead atoms. The summed E-state index contributed by atoms with van der Waals surface area (Å²) < 4.78 is 0. The lowest BCUT2D eigenvalue weighted by atomic mass is 10.1. The van der Waals surface area contributed by atoms with Gasteiger partial charge in [-0.15, -0.1) is 24.8 Å². The third kappa shape index (κ3) is 11.4. The molecule has 0 spiro atoms. The minimum absolute atomic E-state index is 0. The molecule has 0 aromatic heterocycles. The van der Waals surface area contributed by atoms with E-state index in [2.05, 4.69) is 23.6 Å². The Labute approximate surface area is 143 Å². The van der Waals surface area contributed by atoms with E-state index in [-0.39, 0.29) is 24.8 Å². The predicted molar refractivity (Wildman–Crippen MR) is 96.1 cm³/mol. The fourth-order valence-electron chi connectivity index (χ4n) is 2.69. The first-order valence-corrected chi connectivity index (χ1v) is 8.22. The zero-order valence-electron chi connectivity index (χ0n) is 13.8.